The van der Waals surface area contributed by atoms with Crippen LogP contribution in [0.3, 0.4) is 0 Å². The first-order chi connectivity index (χ1) is 16.9. The van der Waals surface area contributed by atoms with Crippen LogP contribution in [0.2, 0.25) is 0 Å². The number of benzene rings is 2. The summed E-state index contributed by atoms with van der Waals surface area (Å²) in [5.74, 6) is 1.39. The highest BCUT2D eigenvalue weighted by atomic mass is 32.2. The molecule has 3 rings (SSSR count). The molecule has 11 nitrogen and oxygen atoms in total. The molecule has 0 saturated carbocycles. The van der Waals surface area contributed by atoms with Gasteiger partial charge >= 0.3 is 0 Å². The summed E-state index contributed by atoms with van der Waals surface area (Å²) in [6.07, 6.45) is 0.447. The minimum Gasteiger partial charge on any atom is -0.497 e. The maximum atomic E-state index is 12.5. The number of sulfonamides is 1. The molecular formula is C23H30N4O7S. The molecule has 190 valence electrons. The van der Waals surface area contributed by atoms with Gasteiger partial charge in [-0.15, -0.1) is 0 Å². The minimum absolute atomic E-state index is 0.0520. The van der Waals surface area contributed by atoms with E-state index in [1.54, 1.807) is 37.3 Å². The number of methoxy groups -OCH3 is 2. The van der Waals surface area contributed by atoms with Crippen LogP contribution in [0, 0.1) is 0 Å². The van der Waals surface area contributed by atoms with E-state index in [0.717, 1.165) is 0 Å². The van der Waals surface area contributed by atoms with Gasteiger partial charge in [-0.05, 0) is 18.6 Å². The van der Waals surface area contributed by atoms with Crippen molar-refractivity contribution in [3.8, 4) is 17.2 Å². The molecule has 35 heavy (non-hydrogen) atoms. The molecule has 0 amide bonds. The molecule has 1 heterocycles. The van der Waals surface area contributed by atoms with Crippen LogP contribution in [0.5, 0.6) is 17.2 Å². The summed E-state index contributed by atoms with van der Waals surface area (Å²) < 4.78 is 49.6. The molecule has 0 atom stereocenters. The van der Waals surface area contributed by atoms with Crippen molar-refractivity contribution in [3.63, 3.8) is 0 Å². The molecule has 0 fully saturated rings. The lowest BCUT2D eigenvalue weighted by atomic mass is 10.2. The fourth-order valence-electron chi connectivity index (χ4n) is 3.21. The lowest BCUT2D eigenvalue weighted by Crippen LogP contribution is -2.18. The fraction of sp³-hybridized carbons (Fsp3) is 0.391. The SMILES string of the molecule is CCCS(=O)(=O)Nc1nc2ccccc2nc1Nc1cc(OC)cc(OC)c1OCCOCCO. The third kappa shape index (κ3) is 7.07. The summed E-state index contributed by atoms with van der Waals surface area (Å²) in [5, 5.41) is 12.0. The summed E-state index contributed by atoms with van der Waals surface area (Å²) in [7, 11) is -0.627. The zero-order valence-corrected chi connectivity index (χ0v) is 20.7. The summed E-state index contributed by atoms with van der Waals surface area (Å²) in [4.78, 5) is 9.08. The first-order valence-electron chi connectivity index (χ1n) is 11.0. The zero-order valence-electron chi connectivity index (χ0n) is 19.9. The maximum absolute atomic E-state index is 12.5. The summed E-state index contributed by atoms with van der Waals surface area (Å²) in [6.45, 7) is 2.31. The highest BCUT2D eigenvalue weighted by molar-refractivity contribution is 7.92. The number of nitrogens with one attached hydrogen (secondary N) is 2. The molecule has 0 saturated heterocycles. The molecule has 3 aromatic rings. The van der Waals surface area contributed by atoms with Crippen LogP contribution in [0.15, 0.2) is 36.4 Å². The topological polar surface area (TPSA) is 141 Å². The average Bonchev–Trinajstić information content (AvgIpc) is 2.84. The standard InChI is InChI=1S/C23H30N4O7S/c1-4-13-35(29,30)27-23-22(24-17-7-5-6-8-18(17)25-23)26-19-14-16(31-2)15-20(32-3)21(19)34-12-11-33-10-9-28/h5-8,14-15,28H,4,9-13H2,1-3H3,(H,24,26)(H,25,27). The van der Waals surface area contributed by atoms with E-state index in [9.17, 15) is 8.42 Å². The first-order valence-corrected chi connectivity index (χ1v) is 12.7. The number of ether oxygens (including phenoxy) is 4. The number of aliphatic hydroxyl groups is 1. The van der Waals surface area contributed by atoms with Gasteiger partial charge in [0.1, 0.15) is 12.4 Å². The molecule has 0 aliphatic carbocycles. The van der Waals surface area contributed by atoms with Crippen LogP contribution in [0.1, 0.15) is 13.3 Å². The molecule has 2 aromatic carbocycles. The predicted molar refractivity (Wildman–Crippen MR) is 133 cm³/mol. The van der Waals surface area contributed by atoms with Gasteiger partial charge in [-0.2, -0.15) is 0 Å². The molecule has 0 aliphatic heterocycles. The van der Waals surface area contributed by atoms with Gasteiger partial charge in [0.2, 0.25) is 10.0 Å². The second-order valence-corrected chi connectivity index (χ2v) is 9.19. The van der Waals surface area contributed by atoms with Gasteiger partial charge < -0.3 is 29.4 Å². The number of hydrogen-bond donors (Lipinski definition) is 3. The second kappa shape index (κ2) is 12.4. The minimum atomic E-state index is -3.64. The van der Waals surface area contributed by atoms with Crippen LogP contribution in [0.4, 0.5) is 17.3 Å². The van der Waals surface area contributed by atoms with Crippen LogP contribution >= 0.6 is 0 Å². The smallest absolute Gasteiger partial charge is 0.233 e. The summed E-state index contributed by atoms with van der Waals surface area (Å²) in [6, 6.07) is 10.5. The number of rotatable bonds is 14. The first kappa shape index (κ1) is 26.3. The number of fused-ring (bicyclic) bond motifs is 1. The largest absolute Gasteiger partial charge is 0.497 e. The van der Waals surface area contributed by atoms with E-state index in [2.05, 4.69) is 20.0 Å². The summed E-state index contributed by atoms with van der Waals surface area (Å²) >= 11 is 0. The normalized spacial score (nSPS) is 11.3. The van der Waals surface area contributed by atoms with Crippen molar-refractivity contribution in [1.82, 2.24) is 9.97 Å². The van der Waals surface area contributed by atoms with Gasteiger partial charge in [0.15, 0.2) is 23.1 Å². The van der Waals surface area contributed by atoms with Crippen LogP contribution in [0.25, 0.3) is 11.0 Å². The molecule has 12 heteroatoms. The maximum Gasteiger partial charge on any atom is 0.233 e. The monoisotopic (exact) mass is 506 g/mol. The molecule has 0 aliphatic rings. The zero-order chi connectivity index (χ0) is 25.3. The van der Waals surface area contributed by atoms with E-state index in [1.165, 1.54) is 14.2 Å². The third-order valence-corrected chi connectivity index (χ3v) is 6.19. The summed E-state index contributed by atoms with van der Waals surface area (Å²) in [5.41, 5.74) is 1.53. The number of aliphatic hydroxyl groups excluding tert-OH is 1. The van der Waals surface area contributed by atoms with E-state index in [4.69, 9.17) is 24.1 Å². The Morgan fingerprint density at radius 2 is 1.69 bits per heavy atom. The van der Waals surface area contributed by atoms with Crippen LogP contribution in [-0.2, 0) is 14.8 Å². The number of nitrogens with zero attached hydrogens (tertiary/aromatic N) is 2. The lowest BCUT2D eigenvalue weighted by molar-refractivity contribution is 0.0700. The molecule has 1 aromatic heterocycles. The van der Waals surface area contributed by atoms with Crippen molar-refractivity contribution >= 4 is 38.4 Å². The van der Waals surface area contributed by atoms with E-state index >= 15 is 0 Å². The van der Waals surface area contributed by atoms with Gasteiger partial charge in [-0.25, -0.2) is 18.4 Å². The van der Waals surface area contributed by atoms with Gasteiger partial charge in [0.25, 0.3) is 0 Å². The number of hydrogen-bond acceptors (Lipinski definition) is 10. The van der Waals surface area contributed by atoms with Gasteiger partial charge in [0, 0.05) is 12.1 Å². The Morgan fingerprint density at radius 1 is 0.971 bits per heavy atom. The Bertz CT molecular complexity index is 1240. The van der Waals surface area contributed by atoms with Crippen molar-refractivity contribution in [3.05, 3.63) is 36.4 Å². The van der Waals surface area contributed by atoms with Gasteiger partial charge in [-0.3, -0.25) is 4.72 Å². The van der Waals surface area contributed by atoms with Crippen molar-refractivity contribution in [2.75, 3.05) is 56.4 Å². The number of anilines is 3. The Morgan fingerprint density at radius 3 is 2.31 bits per heavy atom. The quantitative estimate of drug-likeness (QED) is 0.279. The molecule has 0 radical (unpaired) electrons. The van der Waals surface area contributed by atoms with E-state index in [1.807, 2.05) is 6.07 Å². The Labute approximate surface area is 204 Å². The highest BCUT2D eigenvalue weighted by Gasteiger charge is 2.20. The van der Waals surface area contributed by atoms with Crippen molar-refractivity contribution in [2.45, 2.75) is 13.3 Å². The second-order valence-electron chi connectivity index (χ2n) is 7.35. The van der Waals surface area contributed by atoms with Crippen LogP contribution in [-0.4, -0.2) is 69.9 Å². The van der Waals surface area contributed by atoms with E-state index in [-0.39, 0.29) is 43.8 Å². The van der Waals surface area contributed by atoms with Crippen molar-refractivity contribution < 1.29 is 32.5 Å². The van der Waals surface area contributed by atoms with E-state index < -0.39 is 10.0 Å². The number of aromatic nitrogens is 2. The number of para-hydroxylation sites is 2. The molecule has 0 unspecified atom stereocenters. The fourth-order valence-corrected chi connectivity index (χ4v) is 4.29. The third-order valence-electron chi connectivity index (χ3n) is 4.74. The Hall–Kier alpha value is -3.35. The predicted octanol–water partition coefficient (Wildman–Crippen LogP) is 2.93. The van der Waals surface area contributed by atoms with E-state index in [0.29, 0.717) is 40.4 Å². The van der Waals surface area contributed by atoms with Crippen molar-refractivity contribution in [2.24, 2.45) is 0 Å². The van der Waals surface area contributed by atoms with Gasteiger partial charge in [0.05, 0.1) is 56.5 Å². The molecular weight excluding hydrogens is 476 g/mol. The van der Waals surface area contributed by atoms with Crippen molar-refractivity contribution in [1.29, 1.82) is 0 Å². The molecule has 3 N–H and O–H groups in total. The lowest BCUT2D eigenvalue weighted by Gasteiger charge is -2.19. The Kier molecular flexibility index (Phi) is 9.29. The Balaban J connectivity index is 2.04. The highest BCUT2D eigenvalue weighted by Crippen LogP contribution is 2.41. The average molecular weight is 507 g/mol. The molecule has 0 spiro atoms. The van der Waals surface area contributed by atoms with Crippen LogP contribution < -0.4 is 24.2 Å². The van der Waals surface area contributed by atoms with Gasteiger partial charge in [-0.1, -0.05) is 19.1 Å². The molecule has 0 bridgehead atoms.